The van der Waals surface area contributed by atoms with Gasteiger partial charge in [0.05, 0.1) is 12.1 Å². The predicted molar refractivity (Wildman–Crippen MR) is 75.7 cm³/mol. The average Bonchev–Trinajstić information content (AvgIpc) is 2.88. The van der Waals surface area contributed by atoms with E-state index in [1.54, 1.807) is 0 Å². The molecule has 1 saturated carbocycles. The van der Waals surface area contributed by atoms with Crippen LogP contribution in [0.1, 0.15) is 44.9 Å². The number of fused-ring (bicyclic) bond motifs is 1. The predicted octanol–water partition coefficient (Wildman–Crippen LogP) is 0.344. The van der Waals surface area contributed by atoms with Crippen molar-refractivity contribution >= 4 is 11.9 Å². The zero-order valence-corrected chi connectivity index (χ0v) is 12.2. The summed E-state index contributed by atoms with van der Waals surface area (Å²) in [5.41, 5.74) is 0. The lowest BCUT2D eigenvalue weighted by atomic mass is 9.77. The van der Waals surface area contributed by atoms with Gasteiger partial charge in [0.15, 0.2) is 0 Å². The normalized spacial score (nSPS) is 39.9. The Morgan fingerprint density at radius 3 is 2.62 bits per heavy atom. The maximum absolute atomic E-state index is 12.6. The number of aliphatic hydroxyl groups is 1. The monoisotopic (exact) mass is 296 g/mol. The highest BCUT2D eigenvalue weighted by atomic mass is 16.4. The van der Waals surface area contributed by atoms with Gasteiger partial charge in [0, 0.05) is 19.0 Å². The van der Waals surface area contributed by atoms with E-state index in [0.717, 1.165) is 19.3 Å². The fourth-order valence-electron chi connectivity index (χ4n) is 4.18. The van der Waals surface area contributed by atoms with Crippen LogP contribution in [0.2, 0.25) is 0 Å². The molecular weight excluding hydrogens is 272 g/mol. The summed E-state index contributed by atoms with van der Waals surface area (Å²) in [4.78, 5) is 25.2. The molecule has 0 aromatic heterocycles. The van der Waals surface area contributed by atoms with E-state index in [2.05, 4.69) is 5.32 Å². The zero-order valence-electron chi connectivity index (χ0n) is 12.2. The number of amides is 1. The first-order valence-corrected chi connectivity index (χ1v) is 8.03. The number of likely N-dealkylation sites (tertiary alicyclic amines) is 1. The average molecular weight is 296 g/mol. The summed E-state index contributed by atoms with van der Waals surface area (Å²) >= 11 is 0. The van der Waals surface area contributed by atoms with Crippen LogP contribution in [0, 0.1) is 5.92 Å². The molecule has 0 spiro atoms. The molecule has 6 nitrogen and oxygen atoms in total. The molecule has 118 valence electrons. The summed E-state index contributed by atoms with van der Waals surface area (Å²) in [7, 11) is 0. The first kappa shape index (κ1) is 14.8. The third kappa shape index (κ3) is 2.92. The van der Waals surface area contributed by atoms with Crippen LogP contribution in [0.15, 0.2) is 0 Å². The van der Waals surface area contributed by atoms with Gasteiger partial charge in [0.25, 0.3) is 0 Å². The van der Waals surface area contributed by atoms with Crippen molar-refractivity contribution < 1.29 is 19.8 Å². The minimum Gasteiger partial charge on any atom is -0.480 e. The van der Waals surface area contributed by atoms with Gasteiger partial charge in [0.1, 0.15) is 6.04 Å². The molecule has 0 radical (unpaired) electrons. The van der Waals surface area contributed by atoms with Crippen LogP contribution in [0.3, 0.4) is 0 Å². The minimum absolute atomic E-state index is 0.139. The van der Waals surface area contributed by atoms with Gasteiger partial charge in [-0.15, -0.1) is 0 Å². The highest BCUT2D eigenvalue weighted by molar-refractivity contribution is 5.87. The second-order valence-electron chi connectivity index (χ2n) is 6.68. The molecule has 1 amide bonds. The molecule has 3 fully saturated rings. The van der Waals surface area contributed by atoms with E-state index in [9.17, 15) is 19.8 Å². The Kier molecular flexibility index (Phi) is 4.17. The Morgan fingerprint density at radius 2 is 1.86 bits per heavy atom. The van der Waals surface area contributed by atoms with E-state index in [0.29, 0.717) is 12.0 Å². The number of carbonyl (C=O) groups is 2. The molecule has 2 aliphatic heterocycles. The van der Waals surface area contributed by atoms with Crippen LogP contribution in [0.4, 0.5) is 0 Å². The van der Waals surface area contributed by atoms with Crippen LogP contribution in [-0.2, 0) is 9.59 Å². The number of hydrogen-bond donors (Lipinski definition) is 3. The van der Waals surface area contributed by atoms with Crippen molar-refractivity contribution in [2.45, 2.75) is 69.2 Å². The van der Waals surface area contributed by atoms with Crippen LogP contribution in [0.5, 0.6) is 0 Å². The summed E-state index contributed by atoms with van der Waals surface area (Å²) in [6.07, 6.45) is 6.07. The van der Waals surface area contributed by atoms with Crippen molar-refractivity contribution in [2.24, 2.45) is 5.92 Å². The minimum atomic E-state index is -1.02. The van der Waals surface area contributed by atoms with E-state index in [4.69, 9.17) is 0 Å². The summed E-state index contributed by atoms with van der Waals surface area (Å²) < 4.78 is 0. The van der Waals surface area contributed by atoms with Crippen molar-refractivity contribution in [3.63, 3.8) is 0 Å². The van der Waals surface area contributed by atoms with Gasteiger partial charge in [-0.3, -0.25) is 4.79 Å². The van der Waals surface area contributed by atoms with Gasteiger partial charge in [-0.1, -0.05) is 12.8 Å². The second-order valence-corrected chi connectivity index (χ2v) is 6.68. The summed E-state index contributed by atoms with van der Waals surface area (Å²) in [6, 6.07) is -0.757. The third-order valence-electron chi connectivity index (χ3n) is 5.30. The maximum atomic E-state index is 12.6. The number of piperidine rings is 1. The lowest BCUT2D eigenvalue weighted by Gasteiger charge is -2.41. The summed E-state index contributed by atoms with van der Waals surface area (Å²) in [5, 5.41) is 22.3. The van der Waals surface area contributed by atoms with Gasteiger partial charge < -0.3 is 20.4 Å². The Balaban J connectivity index is 1.66. The maximum Gasteiger partial charge on any atom is 0.326 e. The molecule has 0 bridgehead atoms. The van der Waals surface area contributed by atoms with E-state index < -0.39 is 18.1 Å². The molecule has 21 heavy (non-hydrogen) atoms. The van der Waals surface area contributed by atoms with Crippen molar-refractivity contribution in [1.82, 2.24) is 10.2 Å². The fraction of sp³-hybridized carbons (Fsp3) is 0.867. The lowest BCUT2D eigenvalue weighted by Crippen LogP contribution is -2.57. The number of hydrogen-bond acceptors (Lipinski definition) is 4. The molecule has 1 aliphatic carbocycles. The fourth-order valence-corrected chi connectivity index (χ4v) is 4.18. The molecule has 2 heterocycles. The Labute approximate surface area is 124 Å². The first-order chi connectivity index (χ1) is 10.1. The smallest absolute Gasteiger partial charge is 0.326 e. The Morgan fingerprint density at radius 1 is 1.10 bits per heavy atom. The largest absolute Gasteiger partial charge is 0.480 e. The molecule has 3 aliphatic rings. The molecule has 2 saturated heterocycles. The Bertz CT molecular complexity index is 428. The number of aliphatic carboxylic acids is 1. The molecule has 5 atom stereocenters. The van der Waals surface area contributed by atoms with Gasteiger partial charge in [-0.05, 0) is 31.6 Å². The lowest BCUT2D eigenvalue weighted by molar-refractivity contribution is -0.149. The number of nitrogens with one attached hydrogen (secondary N) is 1. The topological polar surface area (TPSA) is 89.9 Å². The molecule has 6 heteroatoms. The number of carboxylic acid groups (broad SMARTS) is 1. The third-order valence-corrected chi connectivity index (χ3v) is 5.30. The molecule has 0 aromatic carbocycles. The number of aliphatic hydroxyl groups excluding tert-OH is 1. The van der Waals surface area contributed by atoms with Crippen molar-refractivity contribution in [3.8, 4) is 0 Å². The van der Waals surface area contributed by atoms with Gasteiger partial charge >= 0.3 is 5.97 Å². The van der Waals surface area contributed by atoms with E-state index in [-0.39, 0.29) is 24.9 Å². The molecule has 3 N–H and O–H groups in total. The van der Waals surface area contributed by atoms with Crippen LogP contribution < -0.4 is 5.32 Å². The second kappa shape index (κ2) is 5.93. The number of nitrogens with zero attached hydrogens (tertiary/aromatic N) is 1. The first-order valence-electron chi connectivity index (χ1n) is 8.03. The molecule has 0 aromatic rings. The summed E-state index contributed by atoms with van der Waals surface area (Å²) in [5.74, 6) is -0.503. The van der Waals surface area contributed by atoms with Gasteiger partial charge in [-0.2, -0.15) is 0 Å². The van der Waals surface area contributed by atoms with Gasteiger partial charge in [-0.25, -0.2) is 4.79 Å². The van der Waals surface area contributed by atoms with Crippen molar-refractivity contribution in [3.05, 3.63) is 0 Å². The molecule has 5 unspecified atom stereocenters. The van der Waals surface area contributed by atoms with Crippen LogP contribution in [-0.4, -0.2) is 57.8 Å². The number of carbonyl (C=O) groups excluding carboxylic acids is 1. The van der Waals surface area contributed by atoms with E-state index >= 15 is 0 Å². The quantitative estimate of drug-likeness (QED) is 0.684. The van der Waals surface area contributed by atoms with Crippen LogP contribution in [0.25, 0.3) is 0 Å². The zero-order chi connectivity index (χ0) is 15.0. The standard InChI is InChI=1S/C15H24N2O4/c18-10-7-13(15(20)21)17(8-10)14(19)12-6-5-9-3-1-2-4-11(9)16-12/h9-13,16,18H,1-8H2,(H,20,21). The number of β-amino-alcohol motifs (C(OH)–C–C–N with tert-alkyl or cyclic N) is 1. The SMILES string of the molecule is O=C(O)C1CC(O)CN1C(=O)C1CCC2CCCCC2N1. The molecular formula is C15H24N2O4. The highest BCUT2D eigenvalue weighted by Crippen LogP contribution is 2.33. The molecule has 3 rings (SSSR count). The van der Waals surface area contributed by atoms with E-state index in [1.807, 2.05) is 0 Å². The van der Waals surface area contributed by atoms with Crippen molar-refractivity contribution in [2.75, 3.05) is 6.54 Å². The van der Waals surface area contributed by atoms with Crippen LogP contribution >= 0.6 is 0 Å². The summed E-state index contributed by atoms with van der Waals surface area (Å²) in [6.45, 7) is 0.141. The number of carboxylic acids is 1. The van der Waals surface area contributed by atoms with E-state index in [1.165, 1.54) is 24.2 Å². The number of rotatable bonds is 2. The van der Waals surface area contributed by atoms with Crippen molar-refractivity contribution in [1.29, 1.82) is 0 Å². The van der Waals surface area contributed by atoms with Gasteiger partial charge in [0.2, 0.25) is 5.91 Å². The highest BCUT2D eigenvalue weighted by Gasteiger charge is 2.43. The Hall–Kier alpha value is -1.14.